The maximum Gasteiger partial charge on any atom is 0.271 e. The molecule has 2 rings (SSSR count). The Bertz CT molecular complexity index is 545. The van der Waals surface area contributed by atoms with Gasteiger partial charge in [0.05, 0.1) is 11.5 Å². The van der Waals surface area contributed by atoms with E-state index in [0.29, 0.717) is 11.6 Å². The number of aryl methyl sites for hydroxylation is 1. The zero-order valence-corrected chi connectivity index (χ0v) is 12.5. The highest BCUT2D eigenvalue weighted by atomic mass is 16.6. The number of carbonyl (C=O) groups is 1. The molecule has 1 saturated heterocycles. The van der Waals surface area contributed by atoms with E-state index < -0.39 is 4.92 Å². The highest BCUT2D eigenvalue weighted by molar-refractivity contribution is 5.81. The third-order valence-corrected chi connectivity index (χ3v) is 3.87. The summed E-state index contributed by atoms with van der Waals surface area (Å²) in [6.07, 6.45) is 2.21. The average Bonchev–Trinajstić information content (AvgIpc) is 2.45. The fourth-order valence-electron chi connectivity index (χ4n) is 2.61. The first-order valence-corrected chi connectivity index (χ1v) is 7.24. The van der Waals surface area contributed by atoms with Crippen LogP contribution >= 0.6 is 0 Å². The molecule has 1 atom stereocenters. The van der Waals surface area contributed by atoms with Crippen LogP contribution in [-0.2, 0) is 4.79 Å². The van der Waals surface area contributed by atoms with Crippen LogP contribution < -0.4 is 5.32 Å². The van der Waals surface area contributed by atoms with Crippen molar-refractivity contribution >= 4 is 17.3 Å². The lowest BCUT2D eigenvalue weighted by Gasteiger charge is -2.31. The summed E-state index contributed by atoms with van der Waals surface area (Å²) >= 11 is 0. The fourth-order valence-corrected chi connectivity index (χ4v) is 2.61. The number of nitro groups is 1. The summed E-state index contributed by atoms with van der Waals surface area (Å²) in [5.74, 6) is 0.592. The summed E-state index contributed by atoms with van der Waals surface area (Å²) in [7, 11) is 0. The van der Waals surface area contributed by atoms with E-state index >= 15 is 0 Å². The van der Waals surface area contributed by atoms with Gasteiger partial charge in [-0.25, -0.2) is 0 Å². The molecular formula is C15H21N3O3. The van der Waals surface area contributed by atoms with Crippen molar-refractivity contribution in [3.05, 3.63) is 33.9 Å². The molecule has 1 heterocycles. The van der Waals surface area contributed by atoms with E-state index in [1.165, 1.54) is 18.6 Å². The Balaban J connectivity index is 1.97. The first-order chi connectivity index (χ1) is 9.97. The zero-order valence-electron chi connectivity index (χ0n) is 12.5. The Kier molecular flexibility index (Phi) is 4.77. The van der Waals surface area contributed by atoms with Crippen LogP contribution in [0.5, 0.6) is 0 Å². The van der Waals surface area contributed by atoms with Crippen LogP contribution in [0, 0.1) is 23.0 Å². The first-order valence-electron chi connectivity index (χ1n) is 7.24. The lowest BCUT2D eigenvalue weighted by molar-refractivity contribution is -0.384. The monoisotopic (exact) mass is 291 g/mol. The Labute approximate surface area is 124 Å². The van der Waals surface area contributed by atoms with Crippen LogP contribution in [0.3, 0.4) is 0 Å². The van der Waals surface area contributed by atoms with Crippen LogP contribution in [0.25, 0.3) is 0 Å². The molecule has 0 radical (unpaired) electrons. The number of nitrogens with zero attached hydrogens (tertiary/aromatic N) is 2. The van der Waals surface area contributed by atoms with Gasteiger partial charge < -0.3 is 10.2 Å². The smallest absolute Gasteiger partial charge is 0.271 e. The number of benzene rings is 1. The Morgan fingerprint density at radius 2 is 2.29 bits per heavy atom. The molecule has 114 valence electrons. The number of amides is 1. The molecule has 1 unspecified atom stereocenters. The number of hydrogen-bond acceptors (Lipinski definition) is 4. The molecule has 1 aliphatic heterocycles. The van der Waals surface area contributed by atoms with Crippen molar-refractivity contribution < 1.29 is 9.72 Å². The number of rotatable bonds is 4. The van der Waals surface area contributed by atoms with Crippen molar-refractivity contribution in [2.45, 2.75) is 26.7 Å². The van der Waals surface area contributed by atoms with Gasteiger partial charge >= 0.3 is 0 Å². The standard InChI is InChI=1S/C15H21N3O3/c1-11-4-3-7-17(10-11)15(19)9-16-14-8-13(18(20)21)6-5-12(14)2/h5-6,8,11,16H,3-4,7,9-10H2,1-2H3. The second kappa shape index (κ2) is 6.56. The maximum absolute atomic E-state index is 12.2. The number of carbonyl (C=O) groups excluding carboxylic acids is 1. The van der Waals surface area contributed by atoms with E-state index in [0.717, 1.165) is 25.1 Å². The van der Waals surface area contributed by atoms with E-state index in [4.69, 9.17) is 0 Å². The molecule has 1 amide bonds. The van der Waals surface area contributed by atoms with Gasteiger partial charge in [0.1, 0.15) is 0 Å². The van der Waals surface area contributed by atoms with Crippen molar-refractivity contribution in [1.82, 2.24) is 4.90 Å². The summed E-state index contributed by atoms with van der Waals surface area (Å²) in [5, 5.41) is 13.8. The predicted octanol–water partition coefficient (Wildman–Crippen LogP) is 2.57. The molecule has 0 saturated carbocycles. The second-order valence-electron chi connectivity index (χ2n) is 5.70. The van der Waals surface area contributed by atoms with Crippen molar-refractivity contribution in [1.29, 1.82) is 0 Å². The molecule has 0 bridgehead atoms. The minimum atomic E-state index is -0.432. The molecule has 0 aliphatic carbocycles. The number of piperidine rings is 1. The molecule has 1 fully saturated rings. The first kappa shape index (κ1) is 15.3. The van der Waals surface area contributed by atoms with Crippen molar-refractivity contribution in [2.75, 3.05) is 25.0 Å². The van der Waals surface area contributed by atoms with Crippen LogP contribution in [0.15, 0.2) is 18.2 Å². The summed E-state index contributed by atoms with van der Waals surface area (Å²) in [5.41, 5.74) is 1.56. The fraction of sp³-hybridized carbons (Fsp3) is 0.533. The largest absolute Gasteiger partial charge is 0.376 e. The highest BCUT2D eigenvalue weighted by Crippen LogP contribution is 2.22. The van der Waals surface area contributed by atoms with E-state index in [2.05, 4.69) is 12.2 Å². The van der Waals surface area contributed by atoms with Crippen LogP contribution in [0.2, 0.25) is 0 Å². The number of hydrogen-bond donors (Lipinski definition) is 1. The molecule has 6 heteroatoms. The van der Waals surface area contributed by atoms with Gasteiger partial charge in [-0.1, -0.05) is 13.0 Å². The second-order valence-corrected chi connectivity index (χ2v) is 5.70. The summed E-state index contributed by atoms with van der Waals surface area (Å²) < 4.78 is 0. The lowest BCUT2D eigenvalue weighted by Crippen LogP contribution is -2.42. The quantitative estimate of drug-likeness (QED) is 0.683. The third-order valence-electron chi connectivity index (χ3n) is 3.87. The molecule has 1 aromatic carbocycles. The van der Waals surface area contributed by atoms with Crippen LogP contribution in [0.4, 0.5) is 11.4 Å². The minimum absolute atomic E-state index is 0.0298. The maximum atomic E-state index is 12.2. The number of non-ortho nitro benzene ring substituents is 1. The van der Waals surface area contributed by atoms with Gasteiger partial charge in [-0.15, -0.1) is 0 Å². The van der Waals surface area contributed by atoms with Gasteiger partial charge in [0.15, 0.2) is 0 Å². The van der Waals surface area contributed by atoms with E-state index in [-0.39, 0.29) is 18.1 Å². The zero-order chi connectivity index (χ0) is 15.4. The van der Waals surface area contributed by atoms with Gasteiger partial charge in [-0.2, -0.15) is 0 Å². The minimum Gasteiger partial charge on any atom is -0.376 e. The summed E-state index contributed by atoms with van der Waals surface area (Å²) in [4.78, 5) is 24.4. The SMILES string of the molecule is Cc1ccc([N+](=O)[O-])cc1NCC(=O)N1CCCC(C)C1. The number of anilines is 1. The Morgan fingerprint density at radius 1 is 1.52 bits per heavy atom. The lowest BCUT2D eigenvalue weighted by atomic mass is 10.0. The van der Waals surface area contributed by atoms with Gasteiger partial charge in [-0.3, -0.25) is 14.9 Å². The molecule has 21 heavy (non-hydrogen) atoms. The van der Waals surface area contributed by atoms with Crippen molar-refractivity contribution in [3.8, 4) is 0 Å². The number of nitro benzene ring substituents is 1. The van der Waals surface area contributed by atoms with Gasteiger partial charge in [-0.05, 0) is 31.2 Å². The Morgan fingerprint density at radius 3 is 2.95 bits per heavy atom. The normalized spacial score (nSPS) is 18.4. The average molecular weight is 291 g/mol. The molecule has 0 aromatic heterocycles. The van der Waals surface area contributed by atoms with Gasteiger partial charge in [0.25, 0.3) is 5.69 Å². The predicted molar refractivity (Wildman–Crippen MR) is 81.3 cm³/mol. The van der Waals surface area contributed by atoms with E-state index in [1.54, 1.807) is 6.07 Å². The topological polar surface area (TPSA) is 75.5 Å². The molecule has 1 aromatic rings. The van der Waals surface area contributed by atoms with Crippen molar-refractivity contribution in [2.24, 2.45) is 5.92 Å². The van der Waals surface area contributed by atoms with Crippen molar-refractivity contribution in [3.63, 3.8) is 0 Å². The molecule has 1 aliphatic rings. The van der Waals surface area contributed by atoms with Crippen LogP contribution in [0.1, 0.15) is 25.3 Å². The van der Waals surface area contributed by atoms with E-state index in [9.17, 15) is 14.9 Å². The van der Waals surface area contributed by atoms with E-state index in [1.807, 2.05) is 11.8 Å². The third kappa shape index (κ3) is 3.93. The Hall–Kier alpha value is -2.11. The van der Waals surface area contributed by atoms with Gasteiger partial charge in [0.2, 0.25) is 5.91 Å². The highest BCUT2D eigenvalue weighted by Gasteiger charge is 2.20. The number of likely N-dealkylation sites (tertiary alicyclic amines) is 1. The molecule has 0 spiro atoms. The summed E-state index contributed by atoms with van der Waals surface area (Å²) in [6, 6.07) is 4.63. The van der Waals surface area contributed by atoms with Crippen LogP contribution in [-0.4, -0.2) is 35.4 Å². The summed E-state index contributed by atoms with van der Waals surface area (Å²) in [6.45, 7) is 5.79. The molecular weight excluding hydrogens is 270 g/mol. The number of nitrogens with one attached hydrogen (secondary N) is 1. The van der Waals surface area contributed by atoms with Gasteiger partial charge in [0, 0.05) is 30.9 Å². The molecule has 6 nitrogen and oxygen atoms in total. The molecule has 1 N–H and O–H groups in total.